The highest BCUT2D eigenvalue weighted by Gasteiger charge is 2.17. The molecule has 0 heterocycles. The van der Waals surface area contributed by atoms with Gasteiger partial charge in [0.05, 0.1) is 6.10 Å². The van der Waals surface area contributed by atoms with E-state index in [1.165, 1.54) is 0 Å². The molecule has 1 atom stereocenters. The molecular formula is C11H12Cl2O3. The summed E-state index contributed by atoms with van der Waals surface area (Å²) in [6.45, 7) is 3.44. The molecule has 0 aliphatic heterocycles. The average Bonchev–Trinajstić information content (AvgIpc) is 2.16. The quantitative estimate of drug-likeness (QED) is 0.607. The number of carbonyl (C=O) groups is 1. The SMILES string of the molecule is CC(C)OC(=O)OC(Cl)c1ccccc1Cl. The molecule has 0 amide bonds. The summed E-state index contributed by atoms with van der Waals surface area (Å²) in [4.78, 5) is 11.2. The number of halogens is 2. The summed E-state index contributed by atoms with van der Waals surface area (Å²) < 4.78 is 9.64. The Morgan fingerprint density at radius 3 is 2.44 bits per heavy atom. The topological polar surface area (TPSA) is 35.5 Å². The summed E-state index contributed by atoms with van der Waals surface area (Å²) in [5, 5.41) is 0.444. The fourth-order valence-corrected chi connectivity index (χ4v) is 1.58. The molecule has 0 fully saturated rings. The Kier molecular flexibility index (Phi) is 4.90. The number of ether oxygens (including phenoxy) is 2. The largest absolute Gasteiger partial charge is 0.510 e. The van der Waals surface area contributed by atoms with Crippen LogP contribution in [-0.4, -0.2) is 12.3 Å². The average molecular weight is 263 g/mol. The van der Waals surface area contributed by atoms with Gasteiger partial charge in [0.25, 0.3) is 0 Å². The van der Waals surface area contributed by atoms with Crippen LogP contribution in [0.2, 0.25) is 5.02 Å². The van der Waals surface area contributed by atoms with Gasteiger partial charge in [-0.1, -0.05) is 41.4 Å². The van der Waals surface area contributed by atoms with Crippen LogP contribution in [0.15, 0.2) is 24.3 Å². The molecule has 0 saturated carbocycles. The zero-order valence-corrected chi connectivity index (χ0v) is 10.5. The smallest absolute Gasteiger partial charge is 0.432 e. The first-order valence-corrected chi connectivity index (χ1v) is 5.58. The number of hydrogen-bond acceptors (Lipinski definition) is 3. The van der Waals surface area contributed by atoms with E-state index in [1.807, 2.05) is 0 Å². The van der Waals surface area contributed by atoms with E-state index in [4.69, 9.17) is 32.7 Å². The third-order valence-corrected chi connectivity index (χ3v) is 2.35. The van der Waals surface area contributed by atoms with E-state index in [-0.39, 0.29) is 6.10 Å². The molecule has 0 aliphatic rings. The van der Waals surface area contributed by atoms with Gasteiger partial charge in [0.15, 0.2) is 0 Å². The molecule has 0 N–H and O–H groups in total. The van der Waals surface area contributed by atoms with Gasteiger partial charge in [-0.25, -0.2) is 4.79 Å². The van der Waals surface area contributed by atoms with Gasteiger partial charge in [-0.15, -0.1) is 0 Å². The summed E-state index contributed by atoms with van der Waals surface area (Å²) in [6, 6.07) is 6.88. The molecule has 0 radical (unpaired) electrons. The molecular weight excluding hydrogens is 251 g/mol. The molecule has 5 heteroatoms. The standard InChI is InChI=1S/C11H12Cl2O3/c1-7(2)15-11(14)16-10(13)8-5-3-4-6-9(8)12/h3-7,10H,1-2H3. The molecule has 3 nitrogen and oxygen atoms in total. The first-order chi connectivity index (χ1) is 7.50. The van der Waals surface area contributed by atoms with Crippen molar-refractivity contribution in [3.8, 4) is 0 Å². The molecule has 0 saturated heterocycles. The molecule has 0 aromatic heterocycles. The van der Waals surface area contributed by atoms with Crippen molar-refractivity contribution in [1.29, 1.82) is 0 Å². The highest BCUT2D eigenvalue weighted by atomic mass is 35.5. The minimum Gasteiger partial charge on any atom is -0.432 e. The van der Waals surface area contributed by atoms with Gasteiger partial charge in [0.2, 0.25) is 5.56 Å². The summed E-state index contributed by atoms with van der Waals surface area (Å²) in [5.41, 5.74) is -0.411. The van der Waals surface area contributed by atoms with E-state index >= 15 is 0 Å². The zero-order valence-electron chi connectivity index (χ0n) is 8.94. The van der Waals surface area contributed by atoms with Gasteiger partial charge in [-0.3, -0.25) is 0 Å². The lowest BCUT2D eigenvalue weighted by atomic mass is 10.2. The highest BCUT2D eigenvalue weighted by Crippen LogP contribution is 2.28. The van der Waals surface area contributed by atoms with E-state index in [1.54, 1.807) is 38.1 Å². The lowest BCUT2D eigenvalue weighted by Gasteiger charge is -2.14. The van der Waals surface area contributed by atoms with Gasteiger partial charge < -0.3 is 9.47 Å². The number of alkyl halides is 1. The van der Waals surface area contributed by atoms with Crippen LogP contribution >= 0.6 is 23.2 Å². The first kappa shape index (κ1) is 13.1. The fourth-order valence-electron chi connectivity index (χ4n) is 1.03. The van der Waals surface area contributed by atoms with E-state index in [9.17, 15) is 4.79 Å². The van der Waals surface area contributed by atoms with Crippen molar-refractivity contribution in [3.63, 3.8) is 0 Å². The predicted octanol–water partition coefficient (Wildman–Crippen LogP) is 4.14. The maximum Gasteiger partial charge on any atom is 0.510 e. The lowest BCUT2D eigenvalue weighted by Crippen LogP contribution is -2.14. The third-order valence-electron chi connectivity index (χ3n) is 1.68. The van der Waals surface area contributed by atoms with Gasteiger partial charge in [-0.2, -0.15) is 0 Å². The Morgan fingerprint density at radius 2 is 1.88 bits per heavy atom. The minimum absolute atomic E-state index is 0.248. The Balaban J connectivity index is 2.62. The fraction of sp³-hybridized carbons (Fsp3) is 0.364. The normalized spacial score (nSPS) is 12.3. The van der Waals surface area contributed by atoms with Crippen molar-refractivity contribution in [3.05, 3.63) is 34.9 Å². The van der Waals surface area contributed by atoms with Crippen LogP contribution in [0.1, 0.15) is 25.0 Å². The van der Waals surface area contributed by atoms with Crippen LogP contribution < -0.4 is 0 Å². The van der Waals surface area contributed by atoms with Crippen LogP contribution in [0, 0.1) is 0 Å². The third kappa shape index (κ3) is 3.91. The van der Waals surface area contributed by atoms with Crippen LogP contribution in [-0.2, 0) is 9.47 Å². The van der Waals surface area contributed by atoms with Crippen molar-refractivity contribution in [2.75, 3.05) is 0 Å². The first-order valence-electron chi connectivity index (χ1n) is 4.76. The molecule has 0 aliphatic carbocycles. The van der Waals surface area contributed by atoms with Gasteiger partial charge in [0, 0.05) is 10.6 Å². The molecule has 16 heavy (non-hydrogen) atoms. The maximum absolute atomic E-state index is 11.2. The number of hydrogen-bond donors (Lipinski definition) is 0. The lowest BCUT2D eigenvalue weighted by molar-refractivity contribution is 0.0260. The van der Waals surface area contributed by atoms with Crippen LogP contribution in [0.4, 0.5) is 4.79 Å². The second-order valence-electron chi connectivity index (χ2n) is 3.37. The molecule has 1 aromatic carbocycles. The number of benzene rings is 1. The Labute approximate surface area is 104 Å². The molecule has 1 rings (SSSR count). The Bertz CT molecular complexity index is 366. The highest BCUT2D eigenvalue weighted by molar-refractivity contribution is 6.32. The van der Waals surface area contributed by atoms with Crippen LogP contribution in [0.3, 0.4) is 0 Å². The van der Waals surface area contributed by atoms with Gasteiger partial charge in [-0.05, 0) is 19.9 Å². The monoisotopic (exact) mass is 262 g/mol. The van der Waals surface area contributed by atoms with Crippen molar-refractivity contribution < 1.29 is 14.3 Å². The minimum atomic E-state index is -0.944. The van der Waals surface area contributed by atoms with Gasteiger partial charge in [0.1, 0.15) is 0 Å². The molecule has 0 spiro atoms. The van der Waals surface area contributed by atoms with Crippen LogP contribution in [0.25, 0.3) is 0 Å². The second-order valence-corrected chi connectivity index (χ2v) is 4.18. The molecule has 1 aromatic rings. The Morgan fingerprint density at radius 1 is 1.25 bits per heavy atom. The zero-order chi connectivity index (χ0) is 12.1. The van der Waals surface area contributed by atoms with Crippen molar-refractivity contribution >= 4 is 29.4 Å². The van der Waals surface area contributed by atoms with Crippen molar-refractivity contribution in [1.82, 2.24) is 0 Å². The maximum atomic E-state index is 11.2. The number of rotatable bonds is 3. The van der Waals surface area contributed by atoms with E-state index in [2.05, 4.69) is 0 Å². The van der Waals surface area contributed by atoms with E-state index < -0.39 is 11.7 Å². The van der Waals surface area contributed by atoms with E-state index in [0.717, 1.165) is 0 Å². The summed E-state index contributed by atoms with van der Waals surface area (Å²) in [6.07, 6.45) is -1.06. The molecule has 88 valence electrons. The Hall–Kier alpha value is -0.930. The van der Waals surface area contributed by atoms with Crippen molar-refractivity contribution in [2.24, 2.45) is 0 Å². The van der Waals surface area contributed by atoms with Gasteiger partial charge >= 0.3 is 6.16 Å². The summed E-state index contributed by atoms with van der Waals surface area (Å²) in [7, 11) is 0. The molecule has 0 bridgehead atoms. The summed E-state index contributed by atoms with van der Waals surface area (Å²) in [5.74, 6) is 0. The van der Waals surface area contributed by atoms with E-state index in [0.29, 0.717) is 10.6 Å². The summed E-state index contributed by atoms with van der Waals surface area (Å²) >= 11 is 11.8. The second kappa shape index (κ2) is 5.97. The number of carbonyl (C=O) groups excluding carboxylic acids is 1. The van der Waals surface area contributed by atoms with Crippen molar-refractivity contribution in [2.45, 2.75) is 25.5 Å². The predicted molar refractivity (Wildman–Crippen MR) is 62.7 cm³/mol. The molecule has 1 unspecified atom stereocenters. The van der Waals surface area contributed by atoms with Crippen LogP contribution in [0.5, 0.6) is 0 Å².